The summed E-state index contributed by atoms with van der Waals surface area (Å²) in [6.07, 6.45) is 4.72. The van der Waals surface area contributed by atoms with Crippen LogP contribution in [0, 0.1) is 0 Å². The molecule has 1 aromatic carbocycles. The van der Waals surface area contributed by atoms with E-state index in [4.69, 9.17) is 4.74 Å². The van der Waals surface area contributed by atoms with Crippen LogP contribution in [0.4, 0.5) is 0 Å². The summed E-state index contributed by atoms with van der Waals surface area (Å²) in [6, 6.07) is 6.54. The first-order valence-electron chi connectivity index (χ1n) is 8.16. The van der Waals surface area contributed by atoms with Crippen LogP contribution in [-0.4, -0.2) is 43.7 Å². The molecule has 2 aliphatic rings. The molecule has 0 aromatic heterocycles. The molecule has 1 aromatic rings. The van der Waals surface area contributed by atoms with Crippen LogP contribution in [0.2, 0.25) is 0 Å². The predicted molar refractivity (Wildman–Crippen MR) is 94.2 cm³/mol. The Labute approximate surface area is 137 Å². The van der Waals surface area contributed by atoms with Gasteiger partial charge in [-0.05, 0) is 42.2 Å². The van der Waals surface area contributed by atoms with Gasteiger partial charge in [-0.1, -0.05) is 12.1 Å². The Hall–Kier alpha value is -1.36. The maximum atomic E-state index is 5.55. The molecule has 0 saturated carbocycles. The lowest BCUT2D eigenvalue weighted by atomic mass is 10.1. The van der Waals surface area contributed by atoms with Crippen molar-refractivity contribution in [2.45, 2.75) is 30.9 Å². The van der Waals surface area contributed by atoms with Crippen molar-refractivity contribution in [1.29, 1.82) is 0 Å². The number of aliphatic imine (C=N–C) groups is 1. The molecule has 22 heavy (non-hydrogen) atoms. The highest BCUT2D eigenvalue weighted by Gasteiger charge is 2.15. The second-order valence-electron chi connectivity index (χ2n) is 5.81. The molecule has 2 aliphatic heterocycles. The van der Waals surface area contributed by atoms with Crippen molar-refractivity contribution in [3.63, 3.8) is 0 Å². The number of guanidine groups is 1. The fourth-order valence-electron chi connectivity index (χ4n) is 2.96. The van der Waals surface area contributed by atoms with E-state index in [1.54, 1.807) is 0 Å². The number of rotatable bonds is 5. The molecule has 120 valence electrons. The van der Waals surface area contributed by atoms with E-state index in [-0.39, 0.29) is 0 Å². The number of nitrogens with zero attached hydrogens (tertiary/aromatic N) is 1. The molecule has 2 N–H and O–H groups in total. The van der Waals surface area contributed by atoms with Gasteiger partial charge in [0.05, 0.1) is 6.61 Å². The number of fused-ring (bicyclic) bond motifs is 1. The molecule has 5 heteroatoms. The smallest absolute Gasteiger partial charge is 0.191 e. The molecule has 2 heterocycles. The van der Waals surface area contributed by atoms with E-state index < -0.39 is 0 Å². The molecular formula is C17H25N3OS. The van der Waals surface area contributed by atoms with Crippen molar-refractivity contribution < 1.29 is 4.74 Å². The second-order valence-corrected chi connectivity index (χ2v) is 7.21. The van der Waals surface area contributed by atoms with Crippen LogP contribution in [0.1, 0.15) is 24.0 Å². The Kier molecular flexibility index (Phi) is 5.48. The van der Waals surface area contributed by atoms with E-state index in [0.29, 0.717) is 0 Å². The minimum absolute atomic E-state index is 0.746. The van der Waals surface area contributed by atoms with Crippen LogP contribution >= 0.6 is 11.8 Å². The largest absolute Gasteiger partial charge is 0.493 e. The Balaban J connectivity index is 1.41. The molecule has 1 saturated heterocycles. The van der Waals surface area contributed by atoms with Crippen molar-refractivity contribution in [2.24, 2.45) is 4.99 Å². The summed E-state index contributed by atoms with van der Waals surface area (Å²) in [4.78, 5) is 4.30. The Bertz CT molecular complexity index is 527. The van der Waals surface area contributed by atoms with Crippen LogP contribution in [0.3, 0.4) is 0 Å². The lowest BCUT2D eigenvalue weighted by molar-refractivity contribution is 0.357. The zero-order valence-electron chi connectivity index (χ0n) is 13.2. The first-order valence-corrected chi connectivity index (χ1v) is 9.21. The average molecular weight is 319 g/mol. The van der Waals surface area contributed by atoms with Gasteiger partial charge in [0.15, 0.2) is 5.96 Å². The van der Waals surface area contributed by atoms with Gasteiger partial charge in [-0.3, -0.25) is 4.99 Å². The van der Waals surface area contributed by atoms with Crippen molar-refractivity contribution in [1.82, 2.24) is 10.6 Å². The van der Waals surface area contributed by atoms with Gasteiger partial charge in [0, 0.05) is 31.8 Å². The highest BCUT2D eigenvalue weighted by Crippen LogP contribution is 2.26. The molecule has 0 aliphatic carbocycles. The second kappa shape index (κ2) is 7.77. The summed E-state index contributed by atoms with van der Waals surface area (Å²) in [5.74, 6) is 3.28. The third-order valence-corrected chi connectivity index (χ3v) is 5.60. The normalized spacial score (nSPS) is 20.6. The monoisotopic (exact) mass is 319 g/mol. The Morgan fingerprint density at radius 3 is 3.18 bits per heavy atom. The van der Waals surface area contributed by atoms with Gasteiger partial charge in [-0.15, -0.1) is 0 Å². The summed E-state index contributed by atoms with van der Waals surface area (Å²) in [6.45, 7) is 2.74. The number of nitrogens with one attached hydrogen (secondary N) is 2. The topological polar surface area (TPSA) is 45.7 Å². The minimum atomic E-state index is 0.746. The predicted octanol–water partition coefficient (Wildman–Crippen LogP) is 2.22. The van der Waals surface area contributed by atoms with E-state index in [9.17, 15) is 0 Å². The molecule has 1 unspecified atom stereocenters. The number of thioether (sulfide) groups is 1. The van der Waals surface area contributed by atoms with Crippen molar-refractivity contribution in [2.75, 3.05) is 32.5 Å². The number of hydrogen-bond donors (Lipinski definition) is 2. The van der Waals surface area contributed by atoms with Crippen LogP contribution in [0.25, 0.3) is 0 Å². The van der Waals surface area contributed by atoms with Gasteiger partial charge in [0.1, 0.15) is 5.75 Å². The summed E-state index contributed by atoms with van der Waals surface area (Å²) >= 11 is 2.07. The molecule has 0 amide bonds. The third-order valence-electron chi connectivity index (χ3n) is 4.20. The lowest BCUT2D eigenvalue weighted by Gasteiger charge is -2.15. The quantitative estimate of drug-likeness (QED) is 0.645. The lowest BCUT2D eigenvalue weighted by Crippen LogP contribution is -2.40. The first-order chi connectivity index (χ1) is 10.8. The SMILES string of the molecule is CN=C(NCCc1ccc2c(c1)CCO2)NCC1CCCS1. The summed E-state index contributed by atoms with van der Waals surface area (Å²) in [5.41, 5.74) is 2.71. The average Bonchev–Trinajstić information content (AvgIpc) is 3.21. The van der Waals surface area contributed by atoms with Gasteiger partial charge < -0.3 is 15.4 Å². The highest BCUT2D eigenvalue weighted by molar-refractivity contribution is 8.00. The molecule has 3 rings (SSSR count). The molecular weight excluding hydrogens is 294 g/mol. The van der Waals surface area contributed by atoms with E-state index in [1.165, 1.54) is 29.7 Å². The van der Waals surface area contributed by atoms with E-state index >= 15 is 0 Å². The first kappa shape index (κ1) is 15.5. The highest BCUT2D eigenvalue weighted by atomic mass is 32.2. The molecule has 0 bridgehead atoms. The molecule has 4 nitrogen and oxygen atoms in total. The Morgan fingerprint density at radius 2 is 2.36 bits per heavy atom. The number of hydrogen-bond acceptors (Lipinski definition) is 3. The maximum absolute atomic E-state index is 5.55. The molecule has 0 spiro atoms. The van der Waals surface area contributed by atoms with Crippen LogP contribution in [0.5, 0.6) is 5.75 Å². The number of benzene rings is 1. The minimum Gasteiger partial charge on any atom is -0.493 e. The van der Waals surface area contributed by atoms with E-state index in [1.807, 2.05) is 7.05 Å². The summed E-state index contributed by atoms with van der Waals surface area (Å²) in [7, 11) is 1.84. The van der Waals surface area contributed by atoms with Gasteiger partial charge in [-0.25, -0.2) is 0 Å². The van der Waals surface area contributed by atoms with Gasteiger partial charge >= 0.3 is 0 Å². The Morgan fingerprint density at radius 1 is 1.41 bits per heavy atom. The molecule has 0 radical (unpaired) electrons. The van der Waals surface area contributed by atoms with Gasteiger partial charge in [0.2, 0.25) is 0 Å². The van der Waals surface area contributed by atoms with Crippen LogP contribution in [-0.2, 0) is 12.8 Å². The van der Waals surface area contributed by atoms with Crippen molar-refractivity contribution >= 4 is 17.7 Å². The van der Waals surface area contributed by atoms with E-state index in [0.717, 1.165) is 49.5 Å². The van der Waals surface area contributed by atoms with Crippen LogP contribution in [0.15, 0.2) is 23.2 Å². The van der Waals surface area contributed by atoms with Gasteiger partial charge in [-0.2, -0.15) is 11.8 Å². The van der Waals surface area contributed by atoms with Crippen molar-refractivity contribution in [3.05, 3.63) is 29.3 Å². The number of ether oxygens (including phenoxy) is 1. The summed E-state index contributed by atoms with van der Waals surface area (Å²) < 4.78 is 5.55. The zero-order valence-corrected chi connectivity index (χ0v) is 14.0. The van der Waals surface area contributed by atoms with Crippen LogP contribution < -0.4 is 15.4 Å². The standard InChI is InChI=1S/C17H25N3OS/c1-18-17(20-12-15-3-2-10-22-15)19-8-6-13-4-5-16-14(11-13)7-9-21-16/h4-5,11,15H,2-3,6-10,12H2,1H3,(H2,18,19,20). The molecule has 1 fully saturated rings. The zero-order chi connectivity index (χ0) is 15.2. The maximum Gasteiger partial charge on any atom is 0.191 e. The van der Waals surface area contributed by atoms with E-state index in [2.05, 4.69) is 45.6 Å². The summed E-state index contributed by atoms with van der Waals surface area (Å²) in [5, 5.41) is 7.59. The van der Waals surface area contributed by atoms with Gasteiger partial charge in [0.25, 0.3) is 0 Å². The fourth-order valence-corrected chi connectivity index (χ4v) is 4.16. The molecule has 1 atom stereocenters. The fraction of sp³-hybridized carbons (Fsp3) is 0.588. The third kappa shape index (κ3) is 4.09. The van der Waals surface area contributed by atoms with Crippen molar-refractivity contribution in [3.8, 4) is 5.75 Å².